The molecule has 0 heterocycles. The van der Waals surface area contributed by atoms with Crippen molar-refractivity contribution in [2.24, 2.45) is 51.8 Å². The van der Waals surface area contributed by atoms with Crippen LogP contribution in [0.3, 0.4) is 0 Å². The molecule has 5 fully saturated rings. The van der Waals surface area contributed by atoms with Gasteiger partial charge in [-0.1, -0.05) is 20.8 Å². The molecule has 32 heavy (non-hydrogen) atoms. The molecule has 0 aromatic carbocycles. The van der Waals surface area contributed by atoms with E-state index < -0.39 is 0 Å². The summed E-state index contributed by atoms with van der Waals surface area (Å²) in [6, 6.07) is 0. The Morgan fingerprint density at radius 2 is 1.91 bits per heavy atom. The molecule has 5 rings (SSSR count). The van der Waals surface area contributed by atoms with Gasteiger partial charge in [0.15, 0.2) is 0 Å². The van der Waals surface area contributed by atoms with E-state index in [0.29, 0.717) is 53.9 Å². The van der Waals surface area contributed by atoms with E-state index in [9.17, 15) is 4.79 Å². The van der Waals surface area contributed by atoms with Gasteiger partial charge >= 0.3 is 6.09 Å². The van der Waals surface area contributed by atoms with Gasteiger partial charge in [0.2, 0.25) is 0 Å². The summed E-state index contributed by atoms with van der Waals surface area (Å²) in [6.07, 6.45) is 11.1. The fraction of sp³-hybridized carbons (Fsp3) is 0.963. The Morgan fingerprint density at radius 1 is 1.09 bits per heavy atom. The number of alkyl carbamates (subject to hydrolysis) is 1. The van der Waals surface area contributed by atoms with Crippen LogP contribution in [0, 0.1) is 51.8 Å². The van der Waals surface area contributed by atoms with Gasteiger partial charge in [-0.2, -0.15) is 0 Å². The highest BCUT2D eigenvalue weighted by Crippen LogP contribution is 2.82. The maximum atomic E-state index is 12.0. The topological polar surface area (TPSA) is 56.8 Å². The fourth-order valence-corrected chi connectivity index (χ4v) is 10.2. The van der Waals surface area contributed by atoms with E-state index in [1.165, 1.54) is 51.4 Å². The monoisotopic (exact) mass is 447 g/mol. The number of ether oxygens (including phenoxy) is 3. The van der Waals surface area contributed by atoms with E-state index in [1.807, 2.05) is 7.11 Å². The molecule has 0 aliphatic heterocycles. The molecule has 0 radical (unpaired) electrons. The SMILES string of the molecule is COCCNC(=O)OC[C@@H](C)[C@H]1CC[C@H]2[C@@H]3CC(OC)[C@]45C[C@H]4CC[C@]5(C)[C@H]3CC[C@]12C. The summed E-state index contributed by atoms with van der Waals surface area (Å²) in [4.78, 5) is 12.0. The summed E-state index contributed by atoms with van der Waals surface area (Å²) in [5.41, 5.74) is 1.37. The number of rotatable bonds is 7. The summed E-state index contributed by atoms with van der Waals surface area (Å²) >= 11 is 0. The second-order valence-corrected chi connectivity index (χ2v) is 12.5. The van der Waals surface area contributed by atoms with Gasteiger partial charge < -0.3 is 19.5 Å². The van der Waals surface area contributed by atoms with Crippen LogP contribution in [0.5, 0.6) is 0 Å². The third-order valence-electron chi connectivity index (χ3n) is 11.6. The number of carbonyl (C=O) groups is 1. The summed E-state index contributed by atoms with van der Waals surface area (Å²) in [5, 5.41) is 2.78. The Hall–Kier alpha value is -0.810. The minimum atomic E-state index is -0.314. The largest absolute Gasteiger partial charge is 0.449 e. The molecule has 1 spiro atoms. The van der Waals surface area contributed by atoms with Gasteiger partial charge in [-0.15, -0.1) is 0 Å². The molecular formula is C27H45NO4. The van der Waals surface area contributed by atoms with Crippen LogP contribution in [0.25, 0.3) is 0 Å². The van der Waals surface area contributed by atoms with E-state index >= 15 is 0 Å². The van der Waals surface area contributed by atoms with Crippen LogP contribution in [-0.4, -0.2) is 46.2 Å². The normalized spacial score (nSPS) is 49.4. The van der Waals surface area contributed by atoms with Gasteiger partial charge in [0.05, 0.1) is 19.3 Å². The fourth-order valence-electron chi connectivity index (χ4n) is 10.2. The molecule has 10 atom stereocenters. The van der Waals surface area contributed by atoms with E-state index in [4.69, 9.17) is 14.2 Å². The maximum Gasteiger partial charge on any atom is 0.407 e. The Balaban J connectivity index is 1.27. The van der Waals surface area contributed by atoms with Crippen molar-refractivity contribution in [3.05, 3.63) is 0 Å². The third-order valence-corrected chi connectivity index (χ3v) is 11.6. The number of nitrogens with one attached hydrogen (secondary N) is 1. The number of hydrogen-bond donors (Lipinski definition) is 1. The van der Waals surface area contributed by atoms with Crippen LogP contribution in [0.1, 0.15) is 72.1 Å². The van der Waals surface area contributed by atoms with Crippen LogP contribution in [0.4, 0.5) is 4.79 Å². The van der Waals surface area contributed by atoms with Gasteiger partial charge in [-0.25, -0.2) is 4.79 Å². The minimum absolute atomic E-state index is 0.314. The Labute approximate surface area is 194 Å². The van der Waals surface area contributed by atoms with Crippen molar-refractivity contribution >= 4 is 6.09 Å². The average molecular weight is 448 g/mol. The lowest BCUT2D eigenvalue weighted by molar-refractivity contribution is -0.161. The summed E-state index contributed by atoms with van der Waals surface area (Å²) in [6.45, 7) is 9.05. The summed E-state index contributed by atoms with van der Waals surface area (Å²) in [5.74, 6) is 4.48. The molecule has 182 valence electrons. The number of carbonyl (C=O) groups excluding carboxylic acids is 1. The van der Waals surface area contributed by atoms with Crippen molar-refractivity contribution in [1.82, 2.24) is 5.32 Å². The van der Waals surface area contributed by atoms with E-state index in [-0.39, 0.29) is 6.09 Å². The van der Waals surface area contributed by atoms with Crippen molar-refractivity contribution in [2.45, 2.75) is 78.2 Å². The maximum absolute atomic E-state index is 12.0. The predicted octanol–water partition coefficient (Wildman–Crippen LogP) is 5.28. The van der Waals surface area contributed by atoms with Crippen LogP contribution in [-0.2, 0) is 14.2 Å². The van der Waals surface area contributed by atoms with Crippen molar-refractivity contribution in [3.63, 3.8) is 0 Å². The molecule has 5 heteroatoms. The lowest BCUT2D eigenvalue weighted by Gasteiger charge is -2.61. The predicted molar refractivity (Wildman–Crippen MR) is 124 cm³/mol. The van der Waals surface area contributed by atoms with Gasteiger partial charge in [0, 0.05) is 26.2 Å². The van der Waals surface area contributed by atoms with Crippen LogP contribution >= 0.6 is 0 Å². The highest BCUT2D eigenvalue weighted by molar-refractivity contribution is 5.67. The number of fused-ring (bicyclic) bond motifs is 4. The number of hydrogen-bond acceptors (Lipinski definition) is 4. The lowest BCUT2D eigenvalue weighted by Crippen LogP contribution is -2.57. The zero-order valence-corrected chi connectivity index (χ0v) is 21.0. The Kier molecular flexibility index (Phi) is 5.84. The van der Waals surface area contributed by atoms with Gasteiger partial charge in [0.25, 0.3) is 0 Å². The van der Waals surface area contributed by atoms with Crippen LogP contribution in [0.15, 0.2) is 0 Å². The highest BCUT2D eigenvalue weighted by Gasteiger charge is 2.77. The third kappa shape index (κ3) is 3.12. The molecule has 0 bridgehead atoms. The van der Waals surface area contributed by atoms with Crippen LogP contribution < -0.4 is 5.32 Å². The first-order chi connectivity index (χ1) is 15.3. The van der Waals surface area contributed by atoms with Crippen molar-refractivity contribution in [3.8, 4) is 0 Å². The molecule has 1 N–H and O–H groups in total. The summed E-state index contributed by atoms with van der Waals surface area (Å²) in [7, 11) is 3.61. The van der Waals surface area contributed by atoms with Crippen molar-refractivity contribution in [1.29, 1.82) is 0 Å². The second kappa shape index (κ2) is 8.15. The zero-order chi connectivity index (χ0) is 22.7. The molecule has 5 nitrogen and oxygen atoms in total. The number of methoxy groups -OCH3 is 2. The van der Waals surface area contributed by atoms with Crippen molar-refractivity contribution < 1.29 is 19.0 Å². The van der Waals surface area contributed by atoms with E-state index in [0.717, 1.165) is 23.7 Å². The molecule has 0 aromatic rings. The molecule has 5 aliphatic carbocycles. The van der Waals surface area contributed by atoms with Crippen molar-refractivity contribution in [2.75, 3.05) is 34.0 Å². The van der Waals surface area contributed by atoms with Gasteiger partial charge in [-0.3, -0.25) is 0 Å². The van der Waals surface area contributed by atoms with E-state index in [1.54, 1.807) is 7.11 Å². The number of amides is 1. The molecule has 1 amide bonds. The quantitative estimate of drug-likeness (QED) is 0.540. The molecule has 1 unspecified atom stereocenters. The Bertz CT molecular complexity index is 728. The molecule has 0 saturated heterocycles. The molecular weight excluding hydrogens is 402 g/mol. The smallest absolute Gasteiger partial charge is 0.407 e. The Morgan fingerprint density at radius 3 is 2.62 bits per heavy atom. The summed E-state index contributed by atoms with van der Waals surface area (Å²) < 4.78 is 16.8. The standard InChI is InChI=1S/C27H45NO4/c1-17(16-32-24(29)28-12-13-30-4)20-6-7-21-19-14-23(31-5)27-15-18(27)8-11-26(27,3)22(19)9-10-25(20,21)2/h17-23H,6-16H2,1-5H3,(H,28,29)/t17-,18-,19+,20-,21+,22+,23?,25-,26-,27+/m1/s1. The average Bonchev–Trinajstić information content (AvgIpc) is 3.28. The highest BCUT2D eigenvalue weighted by atomic mass is 16.5. The minimum Gasteiger partial charge on any atom is -0.449 e. The zero-order valence-electron chi connectivity index (χ0n) is 21.0. The first-order valence-electron chi connectivity index (χ1n) is 13.2. The molecule has 5 aliphatic rings. The second-order valence-electron chi connectivity index (χ2n) is 12.5. The van der Waals surface area contributed by atoms with Gasteiger partial charge in [0.1, 0.15) is 0 Å². The molecule has 0 aromatic heterocycles. The first-order valence-corrected chi connectivity index (χ1v) is 13.2. The van der Waals surface area contributed by atoms with E-state index in [2.05, 4.69) is 26.1 Å². The lowest BCUT2D eigenvalue weighted by atomic mass is 9.45. The first kappa shape index (κ1) is 23.0. The molecule has 5 saturated carbocycles. The van der Waals surface area contributed by atoms with Gasteiger partial charge in [-0.05, 0) is 97.7 Å². The van der Waals surface area contributed by atoms with Crippen LogP contribution in [0.2, 0.25) is 0 Å².